The summed E-state index contributed by atoms with van der Waals surface area (Å²) in [5.41, 5.74) is 2.43. The van der Waals surface area contributed by atoms with E-state index in [2.05, 4.69) is 20.9 Å². The molecule has 0 saturated heterocycles. The number of aliphatic imine (C=N–C) groups is 1. The number of anilines is 3. The molecule has 0 fully saturated rings. The number of nitrogens with zero attached hydrogens (tertiary/aromatic N) is 3. The number of imidazole rings is 1. The number of carbonyl (C=O) groups is 1. The third kappa shape index (κ3) is 4.69. The van der Waals surface area contributed by atoms with E-state index in [0.29, 0.717) is 41.3 Å². The molecule has 1 aliphatic rings. The number of para-hydroxylation sites is 1. The summed E-state index contributed by atoms with van der Waals surface area (Å²) < 4.78 is 18.2. The van der Waals surface area contributed by atoms with Gasteiger partial charge in [0.2, 0.25) is 23.6 Å². The molecule has 2 heterocycles. The van der Waals surface area contributed by atoms with Crippen molar-refractivity contribution in [2.24, 2.45) is 4.99 Å². The maximum Gasteiger partial charge on any atom is 0.221 e. The van der Waals surface area contributed by atoms with Crippen molar-refractivity contribution in [2.45, 2.75) is 19.5 Å². The van der Waals surface area contributed by atoms with Crippen LogP contribution in [0.4, 0.5) is 17.3 Å². The second-order valence-corrected chi connectivity index (χ2v) is 7.32. The highest BCUT2D eigenvalue weighted by molar-refractivity contribution is 6.03. The third-order valence-corrected chi connectivity index (χ3v) is 5.16. The summed E-state index contributed by atoms with van der Waals surface area (Å²) in [6.45, 7) is 1.49. The minimum atomic E-state index is -0.275. The Labute approximate surface area is 191 Å². The standard InChI is InChI=1S/C23H26N6O4/c1-14(30)25-17-8-6-5-7-15(17)11-20-27-22(28-23-24-9-10-29(20)23)26-16-12-18(31-2)21(33-4)19(13-16)32-3/h5-10,12-13,20H,11H2,1-4H3,(H,25,30)(H2,24,26,27,28). The summed E-state index contributed by atoms with van der Waals surface area (Å²) in [6, 6.07) is 11.3. The predicted molar refractivity (Wildman–Crippen MR) is 126 cm³/mol. The molecule has 172 valence electrons. The lowest BCUT2D eigenvalue weighted by Gasteiger charge is -2.26. The highest BCUT2D eigenvalue weighted by atomic mass is 16.5. The number of aromatic nitrogens is 2. The van der Waals surface area contributed by atoms with E-state index in [1.165, 1.54) is 6.92 Å². The van der Waals surface area contributed by atoms with Gasteiger partial charge in [0.15, 0.2) is 11.5 Å². The highest BCUT2D eigenvalue weighted by Gasteiger charge is 2.23. The highest BCUT2D eigenvalue weighted by Crippen LogP contribution is 2.40. The largest absolute Gasteiger partial charge is 0.493 e. The van der Waals surface area contributed by atoms with E-state index in [1.54, 1.807) is 39.7 Å². The van der Waals surface area contributed by atoms with Crippen LogP contribution in [0, 0.1) is 0 Å². The van der Waals surface area contributed by atoms with Crippen molar-refractivity contribution < 1.29 is 19.0 Å². The van der Waals surface area contributed by atoms with Gasteiger partial charge in [-0.1, -0.05) is 18.2 Å². The maximum absolute atomic E-state index is 11.6. The molecule has 3 aromatic rings. The molecule has 3 N–H and O–H groups in total. The number of ether oxygens (including phenoxy) is 3. The van der Waals surface area contributed by atoms with Crippen LogP contribution < -0.4 is 30.2 Å². The number of guanidine groups is 1. The first-order valence-electron chi connectivity index (χ1n) is 10.3. The van der Waals surface area contributed by atoms with Gasteiger partial charge in [0.25, 0.3) is 0 Å². The molecule has 0 saturated carbocycles. The van der Waals surface area contributed by atoms with Crippen LogP contribution in [0.25, 0.3) is 0 Å². The molecule has 0 bridgehead atoms. The van der Waals surface area contributed by atoms with Crippen molar-refractivity contribution in [1.82, 2.24) is 9.55 Å². The molecular weight excluding hydrogens is 424 g/mol. The summed E-state index contributed by atoms with van der Waals surface area (Å²) in [5, 5.41) is 9.36. The monoisotopic (exact) mass is 450 g/mol. The Morgan fingerprint density at radius 1 is 1.12 bits per heavy atom. The first kappa shape index (κ1) is 22.0. The van der Waals surface area contributed by atoms with Crippen LogP contribution >= 0.6 is 0 Å². The fraction of sp³-hybridized carbons (Fsp3) is 0.261. The fourth-order valence-corrected chi connectivity index (χ4v) is 3.70. The van der Waals surface area contributed by atoms with Crippen molar-refractivity contribution in [1.29, 1.82) is 0 Å². The number of hydrogen-bond acceptors (Lipinski definition) is 8. The summed E-state index contributed by atoms with van der Waals surface area (Å²) in [5.74, 6) is 2.61. The molecule has 0 radical (unpaired) electrons. The third-order valence-electron chi connectivity index (χ3n) is 5.16. The molecule has 1 aromatic heterocycles. The average molecular weight is 450 g/mol. The molecule has 1 aliphatic heterocycles. The van der Waals surface area contributed by atoms with E-state index in [1.807, 2.05) is 35.0 Å². The molecule has 4 rings (SSSR count). The maximum atomic E-state index is 11.6. The lowest BCUT2D eigenvalue weighted by atomic mass is 10.1. The second kappa shape index (κ2) is 9.51. The van der Waals surface area contributed by atoms with E-state index in [9.17, 15) is 4.79 Å². The quantitative estimate of drug-likeness (QED) is 0.505. The van der Waals surface area contributed by atoms with Gasteiger partial charge in [-0.05, 0) is 11.6 Å². The van der Waals surface area contributed by atoms with E-state index in [0.717, 1.165) is 11.3 Å². The van der Waals surface area contributed by atoms with Gasteiger partial charge in [-0.2, -0.15) is 0 Å². The van der Waals surface area contributed by atoms with Crippen molar-refractivity contribution >= 4 is 29.2 Å². The Morgan fingerprint density at radius 3 is 2.52 bits per heavy atom. The molecule has 1 amide bonds. The zero-order chi connectivity index (χ0) is 23.4. The first-order valence-corrected chi connectivity index (χ1v) is 10.3. The van der Waals surface area contributed by atoms with Crippen LogP contribution in [0.2, 0.25) is 0 Å². The van der Waals surface area contributed by atoms with Gasteiger partial charge in [0.05, 0.1) is 21.3 Å². The summed E-state index contributed by atoms with van der Waals surface area (Å²) in [7, 11) is 4.69. The van der Waals surface area contributed by atoms with Crippen LogP contribution in [0.1, 0.15) is 18.7 Å². The van der Waals surface area contributed by atoms with Crippen molar-refractivity contribution in [3.8, 4) is 17.2 Å². The number of nitrogens with one attached hydrogen (secondary N) is 3. The molecular formula is C23H26N6O4. The summed E-state index contributed by atoms with van der Waals surface area (Å²) in [4.78, 5) is 20.9. The van der Waals surface area contributed by atoms with Gasteiger partial charge < -0.3 is 24.8 Å². The minimum absolute atomic E-state index is 0.121. The Bertz CT molecular complexity index is 1160. The van der Waals surface area contributed by atoms with E-state index < -0.39 is 0 Å². The van der Waals surface area contributed by atoms with Crippen molar-refractivity contribution in [3.63, 3.8) is 0 Å². The second-order valence-electron chi connectivity index (χ2n) is 7.32. The van der Waals surface area contributed by atoms with Gasteiger partial charge in [-0.15, -0.1) is 0 Å². The van der Waals surface area contributed by atoms with Crippen LogP contribution in [-0.4, -0.2) is 42.7 Å². The molecule has 0 spiro atoms. The summed E-state index contributed by atoms with van der Waals surface area (Å²) in [6.07, 6.45) is 3.87. The number of carbonyl (C=O) groups excluding carboxylic acids is 1. The van der Waals surface area contributed by atoms with Gasteiger partial charge in [-0.25, -0.2) is 9.98 Å². The SMILES string of the molecule is COc1cc(NC2=NC(Cc3ccccc3NC(C)=O)n3ccnc3N2)cc(OC)c1OC. The molecule has 2 aromatic carbocycles. The normalized spacial score (nSPS) is 14.4. The zero-order valence-electron chi connectivity index (χ0n) is 18.9. The Kier molecular flexibility index (Phi) is 6.34. The van der Waals surface area contributed by atoms with Gasteiger partial charge in [0, 0.05) is 49.2 Å². The fourth-order valence-electron chi connectivity index (χ4n) is 3.70. The minimum Gasteiger partial charge on any atom is -0.493 e. The smallest absolute Gasteiger partial charge is 0.221 e. The van der Waals surface area contributed by atoms with Crippen molar-refractivity contribution in [2.75, 3.05) is 37.3 Å². The number of rotatable bonds is 7. The van der Waals surface area contributed by atoms with E-state index in [4.69, 9.17) is 19.2 Å². The van der Waals surface area contributed by atoms with Crippen molar-refractivity contribution in [3.05, 3.63) is 54.4 Å². The molecule has 1 atom stereocenters. The average Bonchev–Trinajstić information content (AvgIpc) is 3.28. The molecule has 10 heteroatoms. The molecule has 1 unspecified atom stereocenters. The predicted octanol–water partition coefficient (Wildman–Crippen LogP) is 3.50. The van der Waals surface area contributed by atoms with Crippen LogP contribution in [0.15, 0.2) is 53.8 Å². The molecule has 0 aliphatic carbocycles. The number of benzene rings is 2. The van der Waals surface area contributed by atoms with Gasteiger partial charge in [-0.3, -0.25) is 14.7 Å². The summed E-state index contributed by atoms with van der Waals surface area (Å²) >= 11 is 0. The first-order chi connectivity index (χ1) is 16.0. The van der Waals surface area contributed by atoms with Crippen LogP contribution in [0.3, 0.4) is 0 Å². The van der Waals surface area contributed by atoms with Gasteiger partial charge in [0.1, 0.15) is 6.17 Å². The Balaban J connectivity index is 1.64. The molecule has 10 nitrogen and oxygen atoms in total. The Hall–Kier alpha value is -4.21. The lowest BCUT2D eigenvalue weighted by Crippen LogP contribution is -2.31. The van der Waals surface area contributed by atoms with E-state index in [-0.39, 0.29) is 12.1 Å². The number of amides is 1. The number of methoxy groups -OCH3 is 3. The van der Waals surface area contributed by atoms with Crippen LogP contribution in [0.5, 0.6) is 17.2 Å². The van der Waals surface area contributed by atoms with Gasteiger partial charge >= 0.3 is 0 Å². The zero-order valence-corrected chi connectivity index (χ0v) is 18.9. The number of hydrogen-bond donors (Lipinski definition) is 3. The molecule has 33 heavy (non-hydrogen) atoms. The Morgan fingerprint density at radius 2 is 1.85 bits per heavy atom. The van der Waals surface area contributed by atoms with E-state index >= 15 is 0 Å². The van der Waals surface area contributed by atoms with Crippen LogP contribution in [-0.2, 0) is 11.2 Å². The lowest BCUT2D eigenvalue weighted by molar-refractivity contribution is -0.114. The topological polar surface area (TPSA) is 111 Å². The number of fused-ring (bicyclic) bond motifs is 1.